The number of hydrogen-bond donors (Lipinski definition) is 1. The molecule has 1 aromatic heterocycles. The number of nitrogens with one attached hydrogen (secondary N) is 1. The summed E-state index contributed by atoms with van der Waals surface area (Å²) in [4.78, 5) is 25.0. The molecule has 1 unspecified atom stereocenters. The standard InChI is InChI=1S/C21H23F2N3O2/c1-3-11-25-18-6-4-5-7-19(18)26(21(25)28)12-10-20(27)24-14(2)16-13-15(22)8-9-17(16)23/h4-9,13-14H,3,10-12H2,1-2H3,(H,24,27). The SMILES string of the molecule is CCCn1c(=O)n(CCC(=O)NC(C)c2cc(F)ccc2F)c2ccccc21. The van der Waals surface area contributed by atoms with E-state index in [0.717, 1.165) is 35.7 Å². The molecule has 0 aliphatic rings. The molecule has 0 bridgehead atoms. The Morgan fingerprint density at radius 2 is 1.71 bits per heavy atom. The van der Waals surface area contributed by atoms with Gasteiger partial charge in [-0.1, -0.05) is 19.1 Å². The van der Waals surface area contributed by atoms with Gasteiger partial charge in [0.2, 0.25) is 5.91 Å². The molecule has 0 saturated carbocycles. The molecule has 0 aliphatic heterocycles. The summed E-state index contributed by atoms with van der Waals surface area (Å²) in [6, 6.07) is 9.93. The van der Waals surface area contributed by atoms with E-state index in [0.29, 0.717) is 6.54 Å². The lowest BCUT2D eigenvalue weighted by atomic mass is 10.1. The highest BCUT2D eigenvalue weighted by Gasteiger charge is 2.16. The van der Waals surface area contributed by atoms with Crippen molar-refractivity contribution in [1.82, 2.24) is 14.5 Å². The van der Waals surface area contributed by atoms with Gasteiger partial charge in [-0.25, -0.2) is 13.6 Å². The Hall–Kier alpha value is -2.96. The lowest BCUT2D eigenvalue weighted by Crippen LogP contribution is -2.30. The number of imidazole rings is 1. The number of carbonyl (C=O) groups is 1. The molecular weight excluding hydrogens is 364 g/mol. The van der Waals surface area contributed by atoms with Crippen molar-refractivity contribution >= 4 is 16.9 Å². The van der Waals surface area contributed by atoms with Gasteiger partial charge in [-0.15, -0.1) is 0 Å². The maximum atomic E-state index is 13.9. The second kappa shape index (κ2) is 8.37. The minimum absolute atomic E-state index is 0.0569. The zero-order valence-corrected chi connectivity index (χ0v) is 15.9. The summed E-state index contributed by atoms with van der Waals surface area (Å²) in [5.74, 6) is -1.48. The first-order valence-electron chi connectivity index (χ1n) is 9.34. The minimum Gasteiger partial charge on any atom is -0.349 e. The number of aryl methyl sites for hydroxylation is 2. The molecule has 1 N–H and O–H groups in total. The van der Waals surface area contributed by atoms with Crippen molar-refractivity contribution in [3.63, 3.8) is 0 Å². The fraction of sp³-hybridized carbons (Fsp3) is 0.333. The fourth-order valence-corrected chi connectivity index (χ4v) is 3.38. The third-order valence-electron chi connectivity index (χ3n) is 4.74. The number of halogens is 2. The predicted molar refractivity (Wildman–Crippen MR) is 104 cm³/mol. The van der Waals surface area contributed by atoms with Gasteiger partial charge >= 0.3 is 5.69 Å². The molecule has 1 atom stereocenters. The van der Waals surface area contributed by atoms with Crippen LogP contribution in [0.4, 0.5) is 8.78 Å². The van der Waals surface area contributed by atoms with Gasteiger partial charge in [0, 0.05) is 25.1 Å². The molecule has 7 heteroatoms. The molecule has 3 rings (SSSR count). The second-order valence-corrected chi connectivity index (χ2v) is 6.78. The highest BCUT2D eigenvalue weighted by Crippen LogP contribution is 2.18. The summed E-state index contributed by atoms with van der Waals surface area (Å²) in [7, 11) is 0. The minimum atomic E-state index is -0.679. The summed E-state index contributed by atoms with van der Waals surface area (Å²) < 4.78 is 30.5. The van der Waals surface area contributed by atoms with Gasteiger partial charge in [-0.05, 0) is 43.7 Å². The Balaban J connectivity index is 1.74. The number of para-hydroxylation sites is 2. The van der Waals surface area contributed by atoms with E-state index >= 15 is 0 Å². The molecule has 0 radical (unpaired) electrons. The summed E-state index contributed by atoms with van der Waals surface area (Å²) in [5.41, 5.74) is 1.55. The van der Waals surface area contributed by atoms with Crippen molar-refractivity contribution in [2.45, 2.75) is 45.8 Å². The van der Waals surface area contributed by atoms with Crippen molar-refractivity contribution in [1.29, 1.82) is 0 Å². The van der Waals surface area contributed by atoms with Crippen molar-refractivity contribution in [3.05, 3.63) is 70.1 Å². The molecular formula is C21H23F2N3O2. The maximum absolute atomic E-state index is 13.9. The predicted octanol–water partition coefficient (Wildman–Crippen LogP) is 3.76. The first kappa shape index (κ1) is 19.8. The highest BCUT2D eigenvalue weighted by atomic mass is 19.1. The average molecular weight is 387 g/mol. The monoisotopic (exact) mass is 387 g/mol. The summed E-state index contributed by atoms with van der Waals surface area (Å²) >= 11 is 0. The van der Waals surface area contributed by atoms with Gasteiger partial charge in [0.1, 0.15) is 11.6 Å². The van der Waals surface area contributed by atoms with Crippen LogP contribution >= 0.6 is 0 Å². The van der Waals surface area contributed by atoms with Crippen LogP contribution < -0.4 is 11.0 Å². The van der Waals surface area contributed by atoms with E-state index in [9.17, 15) is 18.4 Å². The Morgan fingerprint density at radius 1 is 1.07 bits per heavy atom. The third kappa shape index (κ3) is 3.98. The Morgan fingerprint density at radius 3 is 2.36 bits per heavy atom. The first-order valence-corrected chi connectivity index (χ1v) is 9.34. The molecule has 0 saturated heterocycles. The quantitative estimate of drug-likeness (QED) is 0.671. The molecule has 5 nitrogen and oxygen atoms in total. The molecule has 2 aromatic carbocycles. The normalized spacial score (nSPS) is 12.3. The van der Waals surface area contributed by atoms with Crippen LogP contribution in [0.2, 0.25) is 0 Å². The van der Waals surface area contributed by atoms with E-state index in [1.807, 2.05) is 31.2 Å². The van der Waals surface area contributed by atoms with Crippen LogP contribution in [0.15, 0.2) is 47.3 Å². The van der Waals surface area contributed by atoms with Gasteiger partial charge in [0.05, 0.1) is 17.1 Å². The number of carbonyl (C=O) groups excluding carboxylic acids is 1. The van der Waals surface area contributed by atoms with Crippen LogP contribution in [0.5, 0.6) is 0 Å². The zero-order chi connectivity index (χ0) is 20.3. The van der Waals surface area contributed by atoms with Gasteiger partial charge in [-0.3, -0.25) is 13.9 Å². The number of benzene rings is 2. The molecule has 0 fully saturated rings. The number of nitrogens with zero attached hydrogens (tertiary/aromatic N) is 2. The van der Waals surface area contributed by atoms with Gasteiger partial charge in [-0.2, -0.15) is 0 Å². The lowest BCUT2D eigenvalue weighted by Gasteiger charge is -2.15. The maximum Gasteiger partial charge on any atom is 0.329 e. The van der Waals surface area contributed by atoms with E-state index in [-0.39, 0.29) is 30.1 Å². The van der Waals surface area contributed by atoms with Crippen LogP contribution in [-0.2, 0) is 17.9 Å². The highest BCUT2D eigenvalue weighted by molar-refractivity contribution is 5.78. The van der Waals surface area contributed by atoms with Crippen molar-refractivity contribution in [3.8, 4) is 0 Å². The Bertz CT molecular complexity index is 1060. The van der Waals surface area contributed by atoms with Crippen molar-refractivity contribution in [2.75, 3.05) is 0 Å². The molecule has 0 spiro atoms. The summed E-state index contributed by atoms with van der Waals surface area (Å²) in [6.45, 7) is 4.41. The van der Waals surface area contributed by atoms with Gasteiger partial charge < -0.3 is 5.32 Å². The summed E-state index contributed by atoms with van der Waals surface area (Å²) in [6.07, 6.45) is 0.881. The molecule has 148 valence electrons. The fourth-order valence-electron chi connectivity index (χ4n) is 3.38. The zero-order valence-electron chi connectivity index (χ0n) is 15.9. The van der Waals surface area contributed by atoms with Crippen LogP contribution in [0.25, 0.3) is 11.0 Å². The second-order valence-electron chi connectivity index (χ2n) is 6.78. The summed E-state index contributed by atoms with van der Waals surface area (Å²) in [5, 5.41) is 2.67. The number of hydrogen-bond acceptors (Lipinski definition) is 2. The van der Waals surface area contributed by atoms with Crippen molar-refractivity contribution < 1.29 is 13.6 Å². The third-order valence-corrected chi connectivity index (χ3v) is 4.74. The van der Waals surface area contributed by atoms with E-state index < -0.39 is 17.7 Å². The molecule has 1 amide bonds. The van der Waals surface area contributed by atoms with E-state index in [2.05, 4.69) is 5.32 Å². The van der Waals surface area contributed by atoms with Crippen molar-refractivity contribution in [2.24, 2.45) is 0 Å². The molecule has 0 aliphatic carbocycles. The van der Waals surface area contributed by atoms with Crippen LogP contribution in [-0.4, -0.2) is 15.0 Å². The van der Waals surface area contributed by atoms with Gasteiger partial charge in [0.25, 0.3) is 0 Å². The molecule has 1 heterocycles. The Labute approximate surface area is 161 Å². The number of amides is 1. The Kier molecular flexibility index (Phi) is 5.92. The average Bonchev–Trinajstić information content (AvgIpc) is 2.94. The van der Waals surface area contributed by atoms with E-state index in [1.54, 1.807) is 16.1 Å². The number of fused-ring (bicyclic) bond motifs is 1. The van der Waals surface area contributed by atoms with Gasteiger partial charge in [0.15, 0.2) is 0 Å². The number of aromatic nitrogens is 2. The number of rotatable bonds is 7. The van der Waals surface area contributed by atoms with E-state index in [4.69, 9.17) is 0 Å². The smallest absolute Gasteiger partial charge is 0.329 e. The van der Waals surface area contributed by atoms with Crippen LogP contribution in [0, 0.1) is 11.6 Å². The van der Waals surface area contributed by atoms with Crippen LogP contribution in [0.3, 0.4) is 0 Å². The first-order chi connectivity index (χ1) is 13.4. The molecule has 3 aromatic rings. The van der Waals surface area contributed by atoms with Crippen LogP contribution in [0.1, 0.15) is 38.3 Å². The largest absolute Gasteiger partial charge is 0.349 e. The van der Waals surface area contributed by atoms with E-state index in [1.165, 1.54) is 0 Å². The lowest BCUT2D eigenvalue weighted by molar-refractivity contribution is -0.121. The molecule has 28 heavy (non-hydrogen) atoms. The topological polar surface area (TPSA) is 56.0 Å².